The standard InChI is InChI=1S/C16H23NO5S/c1-6-20-10(2)21-13-12(11-7-8-23-9-11)17(14(13)18)15(19)22-16(3,4)5/h7-10,12-13H,6H2,1-5H3/t10?,12-,13+/m0/s1. The smallest absolute Gasteiger partial charge is 0.417 e. The van der Waals surface area contributed by atoms with Crippen molar-refractivity contribution in [3.05, 3.63) is 22.4 Å². The normalized spacial score (nSPS) is 22.7. The molecule has 0 N–H and O–H groups in total. The molecule has 0 radical (unpaired) electrons. The first-order valence-corrected chi connectivity index (χ1v) is 8.54. The molecule has 1 aliphatic rings. The topological polar surface area (TPSA) is 65.1 Å². The zero-order chi connectivity index (χ0) is 17.2. The average Bonchev–Trinajstić information content (AvgIpc) is 2.93. The molecule has 3 atom stereocenters. The first-order chi connectivity index (χ1) is 10.7. The minimum atomic E-state index is -0.737. The summed E-state index contributed by atoms with van der Waals surface area (Å²) < 4.78 is 16.3. The van der Waals surface area contributed by atoms with E-state index in [-0.39, 0.29) is 0 Å². The van der Waals surface area contributed by atoms with Crippen LogP contribution in [0.2, 0.25) is 0 Å². The number of hydrogen-bond donors (Lipinski definition) is 0. The lowest BCUT2D eigenvalue weighted by atomic mass is 9.93. The number of nitrogens with zero attached hydrogens (tertiary/aromatic N) is 1. The molecule has 1 saturated heterocycles. The molecule has 2 heterocycles. The van der Waals surface area contributed by atoms with Crippen LogP contribution in [0.4, 0.5) is 4.79 Å². The highest BCUT2D eigenvalue weighted by Gasteiger charge is 2.54. The maximum absolute atomic E-state index is 12.4. The van der Waals surface area contributed by atoms with Crippen molar-refractivity contribution in [2.75, 3.05) is 6.61 Å². The van der Waals surface area contributed by atoms with Crippen LogP contribution in [0.5, 0.6) is 0 Å². The SMILES string of the molecule is CCOC(C)O[C@H]1C(=O)N(C(=O)OC(C)(C)C)[C@H]1c1ccsc1. The number of ether oxygens (including phenoxy) is 3. The molecular weight excluding hydrogens is 318 g/mol. The number of likely N-dealkylation sites (tertiary alicyclic amines) is 1. The fraction of sp³-hybridized carbons (Fsp3) is 0.625. The molecule has 6 nitrogen and oxygen atoms in total. The van der Waals surface area contributed by atoms with Gasteiger partial charge in [0.25, 0.3) is 5.91 Å². The summed E-state index contributed by atoms with van der Waals surface area (Å²) in [5.74, 6) is -0.401. The number of amides is 2. The number of carbonyl (C=O) groups excluding carboxylic acids is 2. The van der Waals surface area contributed by atoms with Crippen molar-refractivity contribution in [1.82, 2.24) is 4.90 Å². The Morgan fingerprint density at radius 3 is 2.65 bits per heavy atom. The van der Waals surface area contributed by atoms with E-state index in [0.29, 0.717) is 6.61 Å². The van der Waals surface area contributed by atoms with E-state index in [1.54, 1.807) is 27.7 Å². The number of imide groups is 1. The number of rotatable bonds is 5. The molecule has 7 heteroatoms. The summed E-state index contributed by atoms with van der Waals surface area (Å²) in [6.07, 6.45) is -1.91. The van der Waals surface area contributed by atoms with Crippen LogP contribution in [-0.2, 0) is 19.0 Å². The zero-order valence-corrected chi connectivity index (χ0v) is 14.9. The van der Waals surface area contributed by atoms with Gasteiger partial charge in [-0.15, -0.1) is 0 Å². The maximum Gasteiger partial charge on any atom is 0.417 e. The molecule has 2 amide bonds. The Bertz CT molecular complexity index is 551. The van der Waals surface area contributed by atoms with Gasteiger partial charge in [-0.3, -0.25) is 4.79 Å². The average molecular weight is 341 g/mol. The minimum absolute atomic E-state index is 0.401. The third-order valence-electron chi connectivity index (χ3n) is 3.26. The molecule has 1 aromatic heterocycles. The largest absolute Gasteiger partial charge is 0.443 e. The summed E-state index contributed by atoms with van der Waals surface area (Å²) >= 11 is 1.50. The van der Waals surface area contributed by atoms with Crippen LogP contribution in [0.25, 0.3) is 0 Å². The molecule has 0 saturated carbocycles. The Morgan fingerprint density at radius 1 is 1.43 bits per heavy atom. The second kappa shape index (κ2) is 6.98. The summed E-state index contributed by atoms with van der Waals surface area (Å²) in [7, 11) is 0. The quantitative estimate of drug-likeness (QED) is 0.607. The van der Waals surface area contributed by atoms with E-state index in [9.17, 15) is 9.59 Å². The van der Waals surface area contributed by atoms with E-state index in [0.717, 1.165) is 10.5 Å². The Kier molecular flexibility index (Phi) is 5.44. The molecular formula is C16H23NO5S. The second-order valence-corrected chi connectivity index (χ2v) is 7.05. The van der Waals surface area contributed by atoms with E-state index >= 15 is 0 Å². The Balaban J connectivity index is 2.16. The highest BCUT2D eigenvalue weighted by atomic mass is 32.1. The highest BCUT2D eigenvalue weighted by molar-refractivity contribution is 7.08. The predicted octanol–water partition coefficient (Wildman–Crippen LogP) is 3.33. The molecule has 1 aliphatic heterocycles. The van der Waals surface area contributed by atoms with Crippen LogP contribution in [0, 0.1) is 0 Å². The van der Waals surface area contributed by atoms with Crippen LogP contribution >= 0.6 is 11.3 Å². The monoisotopic (exact) mass is 341 g/mol. The van der Waals surface area contributed by atoms with Crippen molar-refractivity contribution in [1.29, 1.82) is 0 Å². The molecule has 1 fully saturated rings. The zero-order valence-electron chi connectivity index (χ0n) is 14.1. The molecule has 1 unspecified atom stereocenters. The summed E-state index contributed by atoms with van der Waals surface area (Å²) in [5.41, 5.74) is 0.190. The fourth-order valence-electron chi connectivity index (χ4n) is 2.36. The third-order valence-corrected chi connectivity index (χ3v) is 3.96. The van der Waals surface area contributed by atoms with Crippen molar-refractivity contribution >= 4 is 23.3 Å². The molecule has 0 aromatic carbocycles. The lowest BCUT2D eigenvalue weighted by molar-refractivity contribution is -0.211. The fourth-order valence-corrected chi connectivity index (χ4v) is 3.05. The van der Waals surface area contributed by atoms with Crippen molar-refractivity contribution in [3.63, 3.8) is 0 Å². The van der Waals surface area contributed by atoms with Gasteiger partial charge in [0.1, 0.15) is 11.6 Å². The summed E-state index contributed by atoms with van der Waals surface area (Å²) in [4.78, 5) is 25.8. The number of carbonyl (C=O) groups is 2. The third kappa shape index (κ3) is 4.10. The van der Waals surface area contributed by atoms with Gasteiger partial charge in [0, 0.05) is 6.61 Å². The van der Waals surface area contributed by atoms with Gasteiger partial charge in [-0.25, -0.2) is 9.69 Å². The molecule has 23 heavy (non-hydrogen) atoms. The second-order valence-electron chi connectivity index (χ2n) is 6.27. The van der Waals surface area contributed by atoms with E-state index in [4.69, 9.17) is 14.2 Å². The molecule has 2 rings (SSSR count). The van der Waals surface area contributed by atoms with E-state index in [1.165, 1.54) is 11.3 Å². The lowest BCUT2D eigenvalue weighted by Crippen LogP contribution is -2.63. The first kappa shape index (κ1) is 17.9. The van der Waals surface area contributed by atoms with Crippen molar-refractivity contribution < 1.29 is 23.8 Å². The Hall–Kier alpha value is -1.44. The molecule has 1 aromatic rings. The molecule has 0 aliphatic carbocycles. The number of β-lactam (4-membered cyclic amide) rings is 1. The van der Waals surface area contributed by atoms with Gasteiger partial charge >= 0.3 is 6.09 Å². The van der Waals surface area contributed by atoms with Gasteiger partial charge in [-0.05, 0) is 57.0 Å². The number of hydrogen-bond acceptors (Lipinski definition) is 6. The van der Waals surface area contributed by atoms with E-state index in [1.807, 2.05) is 23.8 Å². The highest BCUT2D eigenvalue weighted by Crippen LogP contribution is 2.39. The van der Waals surface area contributed by atoms with Crippen LogP contribution in [0.15, 0.2) is 16.8 Å². The van der Waals surface area contributed by atoms with Gasteiger partial charge in [0.2, 0.25) is 0 Å². The lowest BCUT2D eigenvalue weighted by Gasteiger charge is -2.45. The van der Waals surface area contributed by atoms with Gasteiger partial charge in [-0.2, -0.15) is 11.3 Å². The molecule has 0 bridgehead atoms. The number of thiophene rings is 1. The van der Waals surface area contributed by atoms with Gasteiger partial charge < -0.3 is 14.2 Å². The molecule has 0 spiro atoms. The van der Waals surface area contributed by atoms with Crippen LogP contribution in [0.3, 0.4) is 0 Å². The first-order valence-electron chi connectivity index (χ1n) is 7.59. The molecule has 128 valence electrons. The van der Waals surface area contributed by atoms with Crippen LogP contribution < -0.4 is 0 Å². The van der Waals surface area contributed by atoms with Gasteiger partial charge in [0.05, 0.1) is 0 Å². The van der Waals surface area contributed by atoms with Crippen molar-refractivity contribution in [3.8, 4) is 0 Å². The Labute approximate surface area is 140 Å². The summed E-state index contributed by atoms with van der Waals surface area (Å²) in [6.45, 7) is 9.37. The Morgan fingerprint density at radius 2 is 2.13 bits per heavy atom. The summed E-state index contributed by atoms with van der Waals surface area (Å²) in [6, 6.07) is 1.40. The van der Waals surface area contributed by atoms with Gasteiger partial charge in [-0.1, -0.05) is 0 Å². The summed E-state index contributed by atoms with van der Waals surface area (Å²) in [5, 5.41) is 3.80. The van der Waals surface area contributed by atoms with Crippen LogP contribution in [0.1, 0.15) is 46.2 Å². The maximum atomic E-state index is 12.4. The van der Waals surface area contributed by atoms with E-state index in [2.05, 4.69) is 0 Å². The van der Waals surface area contributed by atoms with E-state index < -0.39 is 36.0 Å². The van der Waals surface area contributed by atoms with Gasteiger partial charge in [0.15, 0.2) is 12.4 Å². The van der Waals surface area contributed by atoms with Crippen molar-refractivity contribution in [2.45, 2.75) is 58.7 Å². The van der Waals surface area contributed by atoms with Crippen molar-refractivity contribution in [2.24, 2.45) is 0 Å². The van der Waals surface area contributed by atoms with Crippen LogP contribution in [-0.4, -0.2) is 41.5 Å². The minimum Gasteiger partial charge on any atom is -0.443 e. The predicted molar refractivity (Wildman–Crippen MR) is 86.1 cm³/mol.